The highest BCUT2D eigenvalue weighted by Gasteiger charge is 2.17. The summed E-state index contributed by atoms with van der Waals surface area (Å²) in [7, 11) is 0. The Kier molecular flexibility index (Phi) is 3.35. The molecule has 1 aromatic heterocycles. The second-order valence-corrected chi connectivity index (χ2v) is 6.00. The number of phenolic OH excluding ortho intramolecular Hbond substituents is 3. The molecule has 0 spiro atoms. The monoisotopic (exact) mass is 332 g/mol. The van der Waals surface area contributed by atoms with Crippen molar-refractivity contribution in [2.24, 2.45) is 0 Å². The molecule has 0 aliphatic carbocycles. The molecule has 0 amide bonds. The van der Waals surface area contributed by atoms with Crippen molar-refractivity contribution in [3.8, 4) is 34.2 Å². The molecule has 25 heavy (non-hydrogen) atoms. The van der Waals surface area contributed by atoms with Gasteiger partial charge in [-0.2, -0.15) is 5.10 Å². The standard InChI is InChI=1S/C20H16N2O3/c1-12-3-2-4-13(9-12)22-18-10-14(23)5-7-16(18)20(21-22)17-8-6-15(24)11-19(17)25/h2-11,23-25H,1H3. The Hall–Kier alpha value is -3.47. The number of benzene rings is 3. The fourth-order valence-corrected chi connectivity index (χ4v) is 2.98. The zero-order valence-corrected chi connectivity index (χ0v) is 13.5. The smallest absolute Gasteiger partial charge is 0.128 e. The second-order valence-electron chi connectivity index (χ2n) is 6.00. The number of nitrogens with zero attached hydrogens (tertiary/aromatic N) is 2. The van der Waals surface area contributed by atoms with Gasteiger partial charge in [-0.05, 0) is 48.9 Å². The summed E-state index contributed by atoms with van der Waals surface area (Å²) in [5.41, 5.74) is 3.78. The van der Waals surface area contributed by atoms with Crippen molar-refractivity contribution in [1.82, 2.24) is 9.78 Å². The van der Waals surface area contributed by atoms with Gasteiger partial charge in [-0.15, -0.1) is 0 Å². The second kappa shape index (κ2) is 5.56. The van der Waals surface area contributed by atoms with Crippen LogP contribution in [0.3, 0.4) is 0 Å². The summed E-state index contributed by atoms with van der Waals surface area (Å²) in [5.74, 6) is 0.0768. The number of aromatic hydroxyl groups is 3. The fraction of sp³-hybridized carbons (Fsp3) is 0.0500. The maximum atomic E-state index is 10.2. The van der Waals surface area contributed by atoms with E-state index in [1.54, 1.807) is 28.9 Å². The normalized spacial score (nSPS) is 11.1. The molecule has 0 radical (unpaired) electrons. The van der Waals surface area contributed by atoms with Gasteiger partial charge in [0.1, 0.15) is 22.9 Å². The van der Waals surface area contributed by atoms with Crippen LogP contribution in [0.1, 0.15) is 5.56 Å². The third-order valence-electron chi connectivity index (χ3n) is 4.15. The van der Waals surface area contributed by atoms with Gasteiger partial charge >= 0.3 is 0 Å². The van der Waals surface area contributed by atoms with Crippen molar-refractivity contribution < 1.29 is 15.3 Å². The largest absolute Gasteiger partial charge is 0.508 e. The average molecular weight is 332 g/mol. The van der Waals surface area contributed by atoms with Gasteiger partial charge in [-0.3, -0.25) is 0 Å². The first kappa shape index (κ1) is 15.1. The SMILES string of the molecule is Cc1cccc(-n2nc(-c3ccc(O)cc3O)c3ccc(O)cc32)c1. The summed E-state index contributed by atoms with van der Waals surface area (Å²) in [4.78, 5) is 0. The van der Waals surface area contributed by atoms with Crippen LogP contribution in [0.15, 0.2) is 60.7 Å². The molecular formula is C20H16N2O3. The van der Waals surface area contributed by atoms with Gasteiger partial charge in [0, 0.05) is 23.1 Å². The lowest BCUT2D eigenvalue weighted by atomic mass is 10.1. The lowest BCUT2D eigenvalue weighted by molar-refractivity contribution is 0.451. The summed E-state index contributed by atoms with van der Waals surface area (Å²) < 4.78 is 1.74. The number of hydrogen-bond donors (Lipinski definition) is 3. The van der Waals surface area contributed by atoms with Crippen LogP contribution in [0.25, 0.3) is 27.8 Å². The Morgan fingerprint density at radius 2 is 1.60 bits per heavy atom. The van der Waals surface area contributed by atoms with Gasteiger partial charge in [0.05, 0.1) is 11.2 Å². The highest BCUT2D eigenvalue weighted by Crippen LogP contribution is 2.37. The van der Waals surface area contributed by atoms with Gasteiger partial charge in [0.25, 0.3) is 0 Å². The van der Waals surface area contributed by atoms with Crippen molar-refractivity contribution in [3.05, 3.63) is 66.2 Å². The summed E-state index contributed by atoms with van der Waals surface area (Å²) in [6, 6.07) is 17.3. The molecule has 5 nitrogen and oxygen atoms in total. The van der Waals surface area contributed by atoms with E-state index in [0.717, 1.165) is 22.2 Å². The molecule has 0 saturated carbocycles. The molecule has 3 N–H and O–H groups in total. The molecule has 0 unspecified atom stereocenters. The van der Waals surface area contributed by atoms with Crippen molar-refractivity contribution in [2.75, 3.05) is 0 Å². The van der Waals surface area contributed by atoms with E-state index in [1.165, 1.54) is 12.1 Å². The van der Waals surface area contributed by atoms with Crippen molar-refractivity contribution >= 4 is 10.9 Å². The van der Waals surface area contributed by atoms with E-state index in [-0.39, 0.29) is 17.2 Å². The maximum absolute atomic E-state index is 10.2. The Bertz CT molecular complexity index is 1100. The summed E-state index contributed by atoms with van der Waals surface area (Å²) in [5, 5.41) is 35.1. The lowest BCUT2D eigenvalue weighted by Crippen LogP contribution is -1.96. The minimum absolute atomic E-state index is 0.0127. The zero-order chi connectivity index (χ0) is 17.6. The quantitative estimate of drug-likeness (QED) is 0.516. The van der Waals surface area contributed by atoms with E-state index in [2.05, 4.69) is 5.10 Å². The first-order valence-electron chi connectivity index (χ1n) is 7.84. The zero-order valence-electron chi connectivity index (χ0n) is 13.5. The average Bonchev–Trinajstić information content (AvgIpc) is 2.93. The van der Waals surface area contributed by atoms with Crippen LogP contribution in [0, 0.1) is 6.92 Å². The highest BCUT2D eigenvalue weighted by molar-refractivity contribution is 5.96. The third kappa shape index (κ3) is 2.55. The van der Waals surface area contributed by atoms with E-state index in [9.17, 15) is 15.3 Å². The number of phenols is 3. The van der Waals surface area contributed by atoms with Crippen LogP contribution >= 0.6 is 0 Å². The Balaban J connectivity index is 2.03. The minimum Gasteiger partial charge on any atom is -0.508 e. The predicted molar refractivity (Wildman–Crippen MR) is 96.2 cm³/mol. The highest BCUT2D eigenvalue weighted by atomic mass is 16.3. The number of hydrogen-bond acceptors (Lipinski definition) is 4. The molecule has 0 aliphatic heterocycles. The van der Waals surface area contributed by atoms with E-state index in [0.29, 0.717) is 11.3 Å². The number of fused-ring (bicyclic) bond motifs is 1. The molecule has 3 aromatic carbocycles. The van der Waals surface area contributed by atoms with E-state index in [1.807, 2.05) is 31.2 Å². The van der Waals surface area contributed by atoms with Gasteiger partial charge in [0.15, 0.2) is 0 Å². The molecule has 0 saturated heterocycles. The van der Waals surface area contributed by atoms with Crippen LogP contribution in [-0.4, -0.2) is 25.1 Å². The Morgan fingerprint density at radius 1 is 0.840 bits per heavy atom. The van der Waals surface area contributed by atoms with E-state index in [4.69, 9.17) is 0 Å². The summed E-state index contributed by atoms with van der Waals surface area (Å²) >= 11 is 0. The molecule has 4 aromatic rings. The van der Waals surface area contributed by atoms with Gasteiger partial charge in [0.2, 0.25) is 0 Å². The Morgan fingerprint density at radius 3 is 2.36 bits per heavy atom. The molecule has 0 atom stereocenters. The van der Waals surface area contributed by atoms with Crippen LogP contribution in [-0.2, 0) is 0 Å². The number of aromatic nitrogens is 2. The van der Waals surface area contributed by atoms with Crippen molar-refractivity contribution in [2.45, 2.75) is 6.92 Å². The van der Waals surface area contributed by atoms with Gasteiger partial charge in [-0.1, -0.05) is 12.1 Å². The molecule has 4 rings (SSSR count). The Labute approximate surface area is 144 Å². The topological polar surface area (TPSA) is 78.5 Å². The molecule has 0 aliphatic rings. The minimum atomic E-state index is -0.0520. The van der Waals surface area contributed by atoms with Crippen molar-refractivity contribution in [3.63, 3.8) is 0 Å². The van der Waals surface area contributed by atoms with Crippen LogP contribution in [0.5, 0.6) is 17.2 Å². The van der Waals surface area contributed by atoms with Crippen molar-refractivity contribution in [1.29, 1.82) is 0 Å². The number of aryl methyl sites for hydroxylation is 1. The first-order valence-corrected chi connectivity index (χ1v) is 7.84. The summed E-state index contributed by atoms with van der Waals surface area (Å²) in [6.45, 7) is 2.00. The van der Waals surface area contributed by atoms with Crippen LogP contribution < -0.4 is 0 Å². The van der Waals surface area contributed by atoms with Crippen LogP contribution in [0.2, 0.25) is 0 Å². The molecule has 1 heterocycles. The molecule has 0 bridgehead atoms. The van der Waals surface area contributed by atoms with E-state index >= 15 is 0 Å². The third-order valence-corrected chi connectivity index (χ3v) is 4.15. The first-order chi connectivity index (χ1) is 12.0. The summed E-state index contributed by atoms with van der Waals surface area (Å²) in [6.07, 6.45) is 0. The number of rotatable bonds is 2. The predicted octanol–water partition coefficient (Wildman–Crippen LogP) is 4.12. The molecule has 0 fully saturated rings. The van der Waals surface area contributed by atoms with Gasteiger partial charge < -0.3 is 15.3 Å². The molecule has 5 heteroatoms. The molecular weight excluding hydrogens is 316 g/mol. The molecule has 124 valence electrons. The lowest BCUT2D eigenvalue weighted by Gasteiger charge is -2.04. The van der Waals surface area contributed by atoms with E-state index < -0.39 is 0 Å². The van der Waals surface area contributed by atoms with Gasteiger partial charge in [-0.25, -0.2) is 4.68 Å². The maximum Gasteiger partial charge on any atom is 0.128 e. The fourth-order valence-electron chi connectivity index (χ4n) is 2.98. The van der Waals surface area contributed by atoms with Crippen LogP contribution in [0.4, 0.5) is 0 Å².